The van der Waals surface area contributed by atoms with Crippen LogP contribution in [0.1, 0.15) is 26.8 Å². The van der Waals surface area contributed by atoms with Gasteiger partial charge in [0.2, 0.25) is 0 Å². The second kappa shape index (κ2) is 14.1. The number of nitrogens with one attached hydrogen (secondary N) is 1. The first-order valence-corrected chi connectivity index (χ1v) is 15.2. The number of hydrogen-bond acceptors (Lipinski definition) is 9. The average molecular weight is 735 g/mol. The maximum atomic E-state index is 13.7. The quantitative estimate of drug-likeness (QED) is 0.0667. The van der Waals surface area contributed by atoms with Gasteiger partial charge in [0.05, 0.1) is 25.1 Å². The van der Waals surface area contributed by atoms with E-state index in [2.05, 4.69) is 27.9 Å². The second-order valence-electron chi connectivity index (χ2n) is 10.3. The van der Waals surface area contributed by atoms with E-state index in [0.29, 0.717) is 48.6 Å². The van der Waals surface area contributed by atoms with Gasteiger partial charge in [0, 0.05) is 63.2 Å². The predicted molar refractivity (Wildman–Crippen MR) is 178 cm³/mol. The third kappa shape index (κ3) is 7.17. The van der Waals surface area contributed by atoms with Gasteiger partial charge in [-0.25, -0.2) is 0 Å². The summed E-state index contributed by atoms with van der Waals surface area (Å²) in [5.74, 6) is 4.93. The van der Waals surface area contributed by atoms with Crippen LogP contribution in [0.25, 0.3) is 0 Å². The number of phenols is 1. The number of carbonyl (C=O) groups excluding carboxylic acids is 2. The number of rotatable bonds is 9. The molecule has 0 spiro atoms. The van der Waals surface area contributed by atoms with E-state index >= 15 is 0 Å². The molecular weight excluding hydrogens is 703 g/mol. The number of allylic oxidation sites excluding steroid dienone is 1. The zero-order chi connectivity index (χ0) is 32.1. The number of nitrogens with zero attached hydrogens (tertiary/aromatic N) is 4. The number of phenolic OH excluding ortho intramolecular Hbond substituents is 1. The molecule has 232 valence electrons. The summed E-state index contributed by atoms with van der Waals surface area (Å²) in [5, 5.41) is 25.0. The van der Waals surface area contributed by atoms with Gasteiger partial charge in [-0.15, -0.1) is 0 Å². The highest BCUT2D eigenvalue weighted by Crippen LogP contribution is 2.40. The SMILES string of the molecule is C/C(ON)=C(\C(=O)N1CCN(c2cc(NC(=O)c3ccc(N(C)C)cc3)c([N+](=O)[O-])cc2Cl)CC1)C(I)c1ccccc1O. The van der Waals surface area contributed by atoms with E-state index in [4.69, 9.17) is 22.3 Å². The van der Waals surface area contributed by atoms with Crippen molar-refractivity contribution in [3.8, 4) is 5.75 Å². The lowest BCUT2D eigenvalue weighted by Crippen LogP contribution is -2.49. The zero-order valence-electron chi connectivity index (χ0n) is 24.3. The zero-order valence-corrected chi connectivity index (χ0v) is 27.2. The molecule has 14 heteroatoms. The van der Waals surface area contributed by atoms with Crippen molar-refractivity contribution in [3.63, 3.8) is 0 Å². The van der Waals surface area contributed by atoms with Crippen LogP contribution >= 0.6 is 34.2 Å². The molecule has 12 nitrogen and oxygen atoms in total. The summed E-state index contributed by atoms with van der Waals surface area (Å²) in [7, 11) is 3.76. The van der Waals surface area contributed by atoms with Crippen LogP contribution in [0.2, 0.25) is 5.02 Å². The summed E-state index contributed by atoms with van der Waals surface area (Å²) in [6, 6.07) is 16.3. The van der Waals surface area contributed by atoms with E-state index in [1.165, 1.54) is 12.1 Å². The summed E-state index contributed by atoms with van der Waals surface area (Å²) in [6.07, 6.45) is 0. The molecule has 1 saturated heterocycles. The number of halogens is 2. The molecule has 3 aromatic rings. The lowest BCUT2D eigenvalue weighted by atomic mass is 10.0. The molecule has 1 unspecified atom stereocenters. The van der Waals surface area contributed by atoms with Gasteiger partial charge >= 0.3 is 0 Å². The number of aromatic hydroxyl groups is 1. The standard InChI is InChI=1S/C30H32ClIN6O6/c1-18(44-33)27(28(32)21-6-4-5-7-26(21)39)30(41)37-14-12-36(13-15-37)24-17-23(25(38(42)43)16-22(24)31)34-29(40)19-8-10-20(11-9-19)35(2)3/h4-11,16-17,28,39H,12-15,33H2,1-3H3,(H,34,40)/b27-18+. The topological polar surface area (TPSA) is 155 Å². The third-order valence-electron chi connectivity index (χ3n) is 7.31. The minimum absolute atomic E-state index is 0.00551. The molecule has 0 aliphatic carbocycles. The maximum Gasteiger partial charge on any atom is 0.294 e. The maximum absolute atomic E-state index is 13.7. The third-order valence-corrected chi connectivity index (χ3v) is 8.91. The number of nitrogens with two attached hydrogens (primary N) is 1. The molecule has 4 rings (SSSR count). The highest BCUT2D eigenvalue weighted by Gasteiger charge is 2.32. The van der Waals surface area contributed by atoms with E-state index in [-0.39, 0.29) is 33.8 Å². The summed E-state index contributed by atoms with van der Waals surface area (Å²) >= 11 is 8.58. The van der Waals surface area contributed by atoms with E-state index < -0.39 is 14.8 Å². The number of nitro groups is 1. The van der Waals surface area contributed by atoms with E-state index in [1.807, 2.05) is 23.9 Å². The first-order valence-electron chi connectivity index (χ1n) is 13.5. The van der Waals surface area contributed by atoms with Crippen LogP contribution in [0.3, 0.4) is 0 Å². The predicted octanol–water partition coefficient (Wildman–Crippen LogP) is 5.26. The van der Waals surface area contributed by atoms with Crippen molar-refractivity contribution in [2.45, 2.75) is 10.8 Å². The molecule has 44 heavy (non-hydrogen) atoms. The number of para-hydroxylation sites is 1. The summed E-state index contributed by atoms with van der Waals surface area (Å²) < 4.78 is -0.530. The minimum atomic E-state index is -0.599. The Hall–Kier alpha value is -4.08. The first-order chi connectivity index (χ1) is 20.9. The van der Waals surface area contributed by atoms with Crippen molar-refractivity contribution in [2.75, 3.05) is 55.4 Å². The number of nitro benzene ring substituents is 1. The molecule has 0 saturated carbocycles. The molecule has 1 heterocycles. The number of amides is 2. The Labute approximate surface area is 273 Å². The summed E-state index contributed by atoms with van der Waals surface area (Å²) in [6.45, 7) is 2.93. The summed E-state index contributed by atoms with van der Waals surface area (Å²) in [5.41, 5.74) is 2.25. The fourth-order valence-corrected chi connectivity index (χ4v) is 6.34. The number of benzene rings is 3. The Morgan fingerprint density at radius 2 is 1.75 bits per heavy atom. The molecule has 1 aliphatic rings. The number of hydrogen-bond donors (Lipinski definition) is 3. The van der Waals surface area contributed by atoms with Gasteiger partial charge in [0.25, 0.3) is 17.5 Å². The van der Waals surface area contributed by atoms with E-state index in [0.717, 1.165) is 5.69 Å². The molecular formula is C30H32ClIN6O6. The largest absolute Gasteiger partial charge is 0.508 e. The first kappa shape index (κ1) is 32.8. The minimum Gasteiger partial charge on any atom is -0.508 e. The van der Waals surface area contributed by atoms with Crippen LogP contribution in [0.15, 0.2) is 72.0 Å². The molecule has 2 amide bonds. The van der Waals surface area contributed by atoms with Gasteiger partial charge < -0.3 is 30.0 Å². The lowest BCUT2D eigenvalue weighted by Gasteiger charge is -2.37. The fourth-order valence-electron chi connectivity index (χ4n) is 4.83. The Bertz CT molecular complexity index is 1590. The van der Waals surface area contributed by atoms with Crippen molar-refractivity contribution in [2.24, 2.45) is 5.90 Å². The van der Waals surface area contributed by atoms with Crippen LogP contribution in [-0.2, 0) is 9.63 Å². The monoisotopic (exact) mass is 734 g/mol. The lowest BCUT2D eigenvalue weighted by molar-refractivity contribution is -0.383. The van der Waals surface area contributed by atoms with Crippen LogP contribution < -0.4 is 21.0 Å². The number of piperazine rings is 1. The summed E-state index contributed by atoms with van der Waals surface area (Å²) in [4.78, 5) is 48.3. The van der Waals surface area contributed by atoms with Gasteiger partial charge in [-0.1, -0.05) is 52.4 Å². The van der Waals surface area contributed by atoms with E-state index in [1.54, 1.807) is 60.4 Å². The van der Waals surface area contributed by atoms with Gasteiger partial charge in [0.15, 0.2) is 0 Å². The number of carbonyl (C=O) groups is 2. The van der Waals surface area contributed by atoms with Crippen molar-refractivity contribution in [1.29, 1.82) is 0 Å². The Balaban J connectivity index is 1.53. The Morgan fingerprint density at radius 3 is 2.32 bits per heavy atom. The van der Waals surface area contributed by atoms with Gasteiger partial charge in [-0.2, -0.15) is 5.90 Å². The van der Waals surface area contributed by atoms with E-state index in [9.17, 15) is 24.8 Å². The van der Waals surface area contributed by atoms with Gasteiger partial charge in [-0.3, -0.25) is 19.7 Å². The number of alkyl halides is 1. The molecule has 1 aliphatic heterocycles. The van der Waals surface area contributed by atoms with Crippen molar-refractivity contribution >= 4 is 68.8 Å². The van der Waals surface area contributed by atoms with Crippen LogP contribution in [-0.4, -0.2) is 67.0 Å². The van der Waals surface area contributed by atoms with Crippen LogP contribution in [0.5, 0.6) is 5.75 Å². The smallest absolute Gasteiger partial charge is 0.294 e. The number of anilines is 3. The molecule has 0 aromatic heterocycles. The molecule has 3 aromatic carbocycles. The molecule has 4 N–H and O–H groups in total. The highest BCUT2D eigenvalue weighted by molar-refractivity contribution is 14.1. The van der Waals surface area contributed by atoms with Crippen molar-refractivity contribution in [1.82, 2.24) is 4.90 Å². The van der Waals surface area contributed by atoms with Crippen LogP contribution in [0.4, 0.5) is 22.7 Å². The highest BCUT2D eigenvalue weighted by atomic mass is 127. The van der Waals surface area contributed by atoms with Crippen LogP contribution in [0, 0.1) is 10.1 Å². The van der Waals surface area contributed by atoms with Crippen molar-refractivity contribution in [3.05, 3.63) is 98.3 Å². The second-order valence-corrected chi connectivity index (χ2v) is 11.9. The molecule has 0 radical (unpaired) electrons. The fraction of sp³-hybridized carbons (Fsp3) is 0.267. The normalized spacial score (nSPS) is 14.4. The Kier molecular flexibility index (Phi) is 10.5. The molecule has 0 bridgehead atoms. The Morgan fingerprint density at radius 1 is 1.11 bits per heavy atom. The van der Waals surface area contributed by atoms with Gasteiger partial charge in [0.1, 0.15) is 17.2 Å². The molecule has 1 atom stereocenters. The molecule has 1 fully saturated rings. The average Bonchev–Trinajstić information content (AvgIpc) is 3.01. The van der Waals surface area contributed by atoms with Crippen molar-refractivity contribution < 1.29 is 24.5 Å². The van der Waals surface area contributed by atoms with Gasteiger partial charge in [-0.05, 0) is 43.3 Å².